The fraction of sp³-hybridized carbons (Fsp3) is 0.744. The van der Waals surface area contributed by atoms with E-state index in [9.17, 15) is 24.0 Å². The fourth-order valence-corrected chi connectivity index (χ4v) is 7.77. The van der Waals surface area contributed by atoms with Gasteiger partial charge in [-0.2, -0.15) is 0 Å². The molecule has 4 amide bonds. The van der Waals surface area contributed by atoms with Gasteiger partial charge in [-0.05, 0) is 64.0 Å². The molecule has 9 atom stereocenters. The highest BCUT2D eigenvalue weighted by Crippen LogP contribution is 2.30. The molecular weight excluding hydrogens is 714 g/mol. The van der Waals surface area contributed by atoms with Crippen LogP contribution >= 0.6 is 0 Å². The lowest BCUT2D eigenvalue weighted by molar-refractivity contribution is -0.159. The molecule has 1 aromatic rings. The molecule has 1 fully saturated rings. The second kappa shape index (κ2) is 22.4. The van der Waals surface area contributed by atoms with E-state index in [1.807, 2.05) is 71.9 Å². The smallest absolute Gasteiger partial charge is 0.329 e. The Morgan fingerprint density at radius 2 is 1.50 bits per heavy atom. The van der Waals surface area contributed by atoms with Crippen molar-refractivity contribution in [3.05, 3.63) is 35.9 Å². The maximum Gasteiger partial charge on any atom is 0.329 e. The number of benzene rings is 1. The van der Waals surface area contributed by atoms with Crippen LogP contribution in [-0.2, 0) is 44.6 Å². The van der Waals surface area contributed by atoms with Crippen molar-refractivity contribution < 1.29 is 38.2 Å². The van der Waals surface area contributed by atoms with Gasteiger partial charge in [-0.25, -0.2) is 4.79 Å². The second-order valence-corrected chi connectivity index (χ2v) is 17.1. The van der Waals surface area contributed by atoms with Crippen LogP contribution in [0.2, 0.25) is 0 Å². The molecule has 0 radical (unpaired) electrons. The predicted octanol–water partition coefficient (Wildman–Crippen LogP) is 4.36. The predicted molar refractivity (Wildman–Crippen MR) is 218 cm³/mol. The van der Waals surface area contributed by atoms with Crippen LogP contribution < -0.4 is 16.0 Å². The first-order chi connectivity index (χ1) is 26.2. The average molecular weight is 788 g/mol. The zero-order valence-corrected chi connectivity index (χ0v) is 36.6. The summed E-state index contributed by atoms with van der Waals surface area (Å²) in [5, 5.41) is 8.96. The van der Waals surface area contributed by atoms with Gasteiger partial charge in [0.05, 0.1) is 42.7 Å². The van der Waals surface area contributed by atoms with Crippen LogP contribution in [0.1, 0.15) is 100 Å². The van der Waals surface area contributed by atoms with Crippen molar-refractivity contribution in [2.75, 3.05) is 34.9 Å². The molecule has 56 heavy (non-hydrogen) atoms. The highest BCUT2D eigenvalue weighted by molar-refractivity contribution is 5.90. The van der Waals surface area contributed by atoms with Gasteiger partial charge in [0.1, 0.15) is 17.7 Å². The van der Waals surface area contributed by atoms with Crippen molar-refractivity contribution >= 4 is 29.6 Å². The number of carbonyl (C=O) groups excluding carboxylic acids is 5. The zero-order valence-electron chi connectivity index (χ0n) is 36.6. The number of likely N-dealkylation sites (N-methyl/N-ethyl adjacent to an activating group) is 2. The second-order valence-electron chi connectivity index (χ2n) is 17.1. The van der Waals surface area contributed by atoms with Gasteiger partial charge < -0.3 is 40.0 Å². The van der Waals surface area contributed by atoms with Crippen LogP contribution in [0, 0.1) is 23.7 Å². The summed E-state index contributed by atoms with van der Waals surface area (Å²) in [4.78, 5) is 72.3. The summed E-state index contributed by atoms with van der Waals surface area (Å²) in [6.45, 7) is 19.3. The number of hydrogen-bond acceptors (Lipinski definition) is 9. The minimum Gasteiger partial charge on any atom is -0.458 e. The molecule has 318 valence electrons. The maximum atomic E-state index is 14.3. The first-order valence-corrected chi connectivity index (χ1v) is 20.4. The SMILES string of the molecule is CC[C@H](C)[C@@H]([C@@H](CC(=O)N1CCCC1[C@H](OC)[C@@H](C)C(=O)N[C@@H](Cc1ccccc1)C(=O)OC(C)(C)C)OC)N(C)C(=O)C(NC(=O)[C@@H](NC)C(C)C)C(C)C. The van der Waals surface area contributed by atoms with E-state index in [1.165, 1.54) is 7.11 Å². The molecule has 0 spiro atoms. The summed E-state index contributed by atoms with van der Waals surface area (Å²) in [5.74, 6) is -2.48. The van der Waals surface area contributed by atoms with Gasteiger partial charge in [-0.1, -0.05) is 85.2 Å². The number of rotatable bonds is 21. The third-order valence-corrected chi connectivity index (χ3v) is 11.0. The number of amides is 4. The van der Waals surface area contributed by atoms with Crippen molar-refractivity contribution in [2.24, 2.45) is 23.7 Å². The number of hydrogen-bond donors (Lipinski definition) is 3. The zero-order chi connectivity index (χ0) is 42.5. The summed E-state index contributed by atoms with van der Waals surface area (Å²) in [7, 11) is 6.53. The summed E-state index contributed by atoms with van der Waals surface area (Å²) in [6.07, 6.45) is 1.04. The number of ether oxygens (including phenoxy) is 3. The van der Waals surface area contributed by atoms with Gasteiger partial charge in [0, 0.05) is 34.2 Å². The van der Waals surface area contributed by atoms with Crippen LogP contribution in [0.15, 0.2) is 30.3 Å². The molecule has 2 rings (SSSR count). The van der Waals surface area contributed by atoms with Crippen LogP contribution in [-0.4, -0.2) is 122 Å². The molecule has 1 saturated heterocycles. The minimum atomic E-state index is -0.923. The number of carbonyl (C=O) groups is 5. The number of methoxy groups -OCH3 is 2. The largest absolute Gasteiger partial charge is 0.458 e. The summed E-state index contributed by atoms with van der Waals surface area (Å²) < 4.78 is 17.7. The molecule has 0 aromatic heterocycles. The number of nitrogens with one attached hydrogen (secondary N) is 3. The minimum absolute atomic E-state index is 0.00230. The number of esters is 1. The van der Waals surface area contributed by atoms with E-state index >= 15 is 0 Å². The van der Waals surface area contributed by atoms with Crippen LogP contribution in [0.25, 0.3) is 0 Å². The molecule has 0 bridgehead atoms. The molecule has 1 aliphatic heterocycles. The monoisotopic (exact) mass is 788 g/mol. The fourth-order valence-electron chi connectivity index (χ4n) is 7.77. The molecule has 1 aliphatic rings. The highest BCUT2D eigenvalue weighted by atomic mass is 16.6. The van der Waals surface area contributed by atoms with E-state index < -0.39 is 59.9 Å². The Morgan fingerprint density at radius 3 is 2.00 bits per heavy atom. The normalized spacial score (nSPS) is 19.0. The van der Waals surface area contributed by atoms with Crippen LogP contribution in [0.3, 0.4) is 0 Å². The molecule has 3 N–H and O–H groups in total. The molecule has 0 aliphatic carbocycles. The molecule has 13 heteroatoms. The Balaban J connectivity index is 2.31. The average Bonchev–Trinajstić information content (AvgIpc) is 3.62. The summed E-state index contributed by atoms with van der Waals surface area (Å²) in [6, 6.07) is 6.42. The molecule has 13 nitrogen and oxygen atoms in total. The van der Waals surface area contributed by atoms with E-state index in [1.54, 1.807) is 58.7 Å². The van der Waals surface area contributed by atoms with Crippen molar-refractivity contribution in [2.45, 2.75) is 149 Å². The Kier molecular flexibility index (Phi) is 19.4. The van der Waals surface area contributed by atoms with E-state index in [2.05, 4.69) is 16.0 Å². The first kappa shape index (κ1) is 48.6. The lowest BCUT2D eigenvalue weighted by Gasteiger charge is -2.41. The van der Waals surface area contributed by atoms with Crippen molar-refractivity contribution in [1.82, 2.24) is 25.8 Å². The Labute approximate surface area is 336 Å². The van der Waals surface area contributed by atoms with Gasteiger partial charge in [0.15, 0.2) is 0 Å². The van der Waals surface area contributed by atoms with Crippen LogP contribution in [0.4, 0.5) is 0 Å². The molecule has 1 heterocycles. The lowest BCUT2D eigenvalue weighted by Crippen LogP contribution is -2.59. The highest BCUT2D eigenvalue weighted by Gasteiger charge is 2.43. The Bertz CT molecular complexity index is 1420. The van der Waals surface area contributed by atoms with E-state index in [0.29, 0.717) is 13.0 Å². The van der Waals surface area contributed by atoms with Crippen molar-refractivity contribution in [1.29, 1.82) is 0 Å². The maximum absolute atomic E-state index is 14.3. The quantitative estimate of drug-likeness (QED) is 0.154. The summed E-state index contributed by atoms with van der Waals surface area (Å²) in [5.41, 5.74) is 0.134. The Hall–Kier alpha value is -3.55. The van der Waals surface area contributed by atoms with E-state index in [0.717, 1.165) is 18.4 Å². The third-order valence-electron chi connectivity index (χ3n) is 11.0. The molecule has 1 aromatic carbocycles. The van der Waals surface area contributed by atoms with Crippen LogP contribution in [0.5, 0.6) is 0 Å². The number of likely N-dealkylation sites (tertiary alicyclic amines) is 1. The standard InChI is InChI=1S/C43H73N5O8/c1-15-28(6)37(47(12)41(52)36(27(4)5)46-40(51)35(44-11)26(2)3)33(54-13)25-34(49)48-23-19-22-32(48)38(55-14)29(7)39(50)45-31(42(53)56-43(8,9)10)24-30-20-17-16-18-21-30/h16-18,20-21,26-29,31-33,35-38,44H,15,19,22-25H2,1-14H3,(H,45,50)(H,46,51)/t28-,29+,31-,32?,33+,35-,36?,37-,38+/m0/s1. The number of nitrogens with zero attached hydrogens (tertiary/aromatic N) is 2. The van der Waals surface area contributed by atoms with E-state index in [-0.39, 0.29) is 54.2 Å². The van der Waals surface area contributed by atoms with Crippen molar-refractivity contribution in [3.8, 4) is 0 Å². The topological polar surface area (TPSA) is 156 Å². The van der Waals surface area contributed by atoms with Gasteiger partial charge in [-0.3, -0.25) is 19.2 Å². The van der Waals surface area contributed by atoms with Crippen molar-refractivity contribution in [3.63, 3.8) is 0 Å². The van der Waals surface area contributed by atoms with Gasteiger partial charge in [0.25, 0.3) is 0 Å². The van der Waals surface area contributed by atoms with Gasteiger partial charge in [0.2, 0.25) is 23.6 Å². The van der Waals surface area contributed by atoms with E-state index in [4.69, 9.17) is 14.2 Å². The third kappa shape index (κ3) is 13.5. The Morgan fingerprint density at radius 1 is 0.893 bits per heavy atom. The molecular formula is C43H73N5O8. The van der Waals surface area contributed by atoms with Gasteiger partial charge >= 0.3 is 5.97 Å². The molecule has 0 saturated carbocycles. The summed E-state index contributed by atoms with van der Waals surface area (Å²) >= 11 is 0. The lowest BCUT2D eigenvalue weighted by atomic mass is 9.89. The first-order valence-electron chi connectivity index (χ1n) is 20.4. The van der Waals surface area contributed by atoms with Gasteiger partial charge in [-0.15, -0.1) is 0 Å². The molecule has 2 unspecified atom stereocenters.